The van der Waals surface area contributed by atoms with Crippen LogP contribution in [0.1, 0.15) is 16.1 Å². The van der Waals surface area contributed by atoms with E-state index < -0.39 is 30.1 Å². The highest BCUT2D eigenvalue weighted by atomic mass is 19.4. The van der Waals surface area contributed by atoms with E-state index in [0.717, 1.165) is 12.1 Å². The number of nitrogens with zero attached hydrogens (tertiary/aromatic N) is 1. The Morgan fingerprint density at radius 1 is 0.970 bits per heavy atom. The largest absolute Gasteiger partial charge is 0.573 e. The number of hydrogen-bond donors (Lipinski definition) is 3. The minimum atomic E-state index is -5.08. The Morgan fingerprint density at radius 3 is 2.33 bits per heavy atom. The van der Waals surface area contributed by atoms with Crippen molar-refractivity contribution in [2.45, 2.75) is 19.1 Å². The predicted molar refractivity (Wildman–Crippen MR) is 103 cm³/mol. The molecule has 1 aromatic heterocycles. The van der Waals surface area contributed by atoms with Crippen LogP contribution in [0.15, 0.2) is 54.6 Å². The van der Waals surface area contributed by atoms with E-state index in [1.165, 1.54) is 42.5 Å². The molecule has 7 nitrogen and oxygen atoms in total. The number of hydrogen-bond acceptors (Lipinski definition) is 4. The smallest absolute Gasteiger partial charge is 0.405 e. The van der Waals surface area contributed by atoms with E-state index in [-0.39, 0.29) is 34.7 Å². The van der Waals surface area contributed by atoms with Crippen molar-refractivity contribution < 1.29 is 40.7 Å². The van der Waals surface area contributed by atoms with Gasteiger partial charge >= 0.3 is 18.4 Å². The van der Waals surface area contributed by atoms with Crippen molar-refractivity contribution in [2.75, 3.05) is 5.32 Å². The summed E-state index contributed by atoms with van der Waals surface area (Å²) in [6.07, 6.45) is -10.1. The molecule has 0 saturated heterocycles. The van der Waals surface area contributed by atoms with Crippen LogP contribution in [0.4, 0.5) is 32.0 Å². The third-order valence-corrected chi connectivity index (χ3v) is 4.14. The van der Waals surface area contributed by atoms with E-state index in [1.54, 1.807) is 5.32 Å². The molecule has 0 aliphatic rings. The summed E-state index contributed by atoms with van der Waals surface area (Å²) in [7, 11) is 0. The van der Waals surface area contributed by atoms with Gasteiger partial charge in [-0.05, 0) is 24.3 Å². The van der Waals surface area contributed by atoms with E-state index in [0.29, 0.717) is 0 Å². The zero-order valence-corrected chi connectivity index (χ0v) is 16.3. The van der Waals surface area contributed by atoms with Crippen molar-refractivity contribution in [3.8, 4) is 17.0 Å². The maximum atomic E-state index is 12.6. The number of H-pyrrole nitrogens is 1. The zero-order valence-electron chi connectivity index (χ0n) is 16.3. The molecule has 0 fully saturated rings. The number of rotatable bonds is 6. The predicted octanol–water partition coefficient (Wildman–Crippen LogP) is 4.41. The lowest BCUT2D eigenvalue weighted by atomic mass is 10.1. The number of nitrogens with one attached hydrogen (secondary N) is 3. The Balaban J connectivity index is 1.72. The summed E-state index contributed by atoms with van der Waals surface area (Å²) in [6.45, 7) is -0.216. The second kappa shape index (κ2) is 9.22. The van der Waals surface area contributed by atoms with Gasteiger partial charge in [0.2, 0.25) is 0 Å². The van der Waals surface area contributed by atoms with Gasteiger partial charge in [-0.1, -0.05) is 30.3 Å². The Morgan fingerprint density at radius 2 is 1.64 bits per heavy atom. The van der Waals surface area contributed by atoms with Gasteiger partial charge in [0.05, 0.1) is 29.2 Å². The maximum absolute atomic E-state index is 12.6. The minimum absolute atomic E-state index is 0.128. The second-order valence-electron chi connectivity index (χ2n) is 6.50. The van der Waals surface area contributed by atoms with Crippen molar-refractivity contribution in [3.63, 3.8) is 0 Å². The standard InChI is InChI=1S/C20H14F6N4O3/c21-19(22,23)18(32)28-14-7-3-1-5-12(14)15-9-11(29-30-15)10-27-17(31)13-6-2-4-8-16(13)33-20(24,25)26/h1-9H,10H2,(H,27,31)(H,28,32)(H,29,30). The first-order chi connectivity index (χ1) is 15.4. The number of carbonyl (C=O) groups excluding carboxylic acids is 2. The van der Waals surface area contributed by atoms with Crippen LogP contribution < -0.4 is 15.4 Å². The molecule has 0 aliphatic heterocycles. The van der Waals surface area contributed by atoms with Gasteiger partial charge in [0.1, 0.15) is 5.75 Å². The van der Waals surface area contributed by atoms with Gasteiger partial charge in [-0.3, -0.25) is 14.7 Å². The molecule has 33 heavy (non-hydrogen) atoms. The third-order valence-electron chi connectivity index (χ3n) is 4.14. The Kier molecular flexibility index (Phi) is 6.60. The van der Waals surface area contributed by atoms with Crippen molar-refractivity contribution in [1.82, 2.24) is 15.5 Å². The average Bonchev–Trinajstić information content (AvgIpc) is 3.20. The van der Waals surface area contributed by atoms with Crippen molar-refractivity contribution in [1.29, 1.82) is 0 Å². The zero-order chi connectivity index (χ0) is 24.2. The molecule has 3 aromatic rings. The molecule has 0 atom stereocenters. The molecule has 2 amide bonds. The fourth-order valence-electron chi connectivity index (χ4n) is 2.75. The number of halogens is 6. The minimum Gasteiger partial charge on any atom is -0.405 e. The lowest BCUT2D eigenvalue weighted by Gasteiger charge is -2.12. The monoisotopic (exact) mass is 472 g/mol. The fraction of sp³-hybridized carbons (Fsp3) is 0.150. The Hall–Kier alpha value is -4.03. The number of amides is 2. The SMILES string of the molecule is O=C(NCc1cc(-c2ccccc2NC(=O)C(F)(F)F)[nH]n1)c1ccccc1OC(F)(F)F. The molecule has 3 rings (SSSR count). The summed E-state index contributed by atoms with van der Waals surface area (Å²) < 4.78 is 79.1. The van der Waals surface area contributed by atoms with Crippen LogP contribution >= 0.6 is 0 Å². The van der Waals surface area contributed by atoms with Crippen LogP contribution in [0.3, 0.4) is 0 Å². The molecule has 0 radical (unpaired) electrons. The highest BCUT2D eigenvalue weighted by molar-refractivity contribution is 5.98. The molecule has 1 heterocycles. The van der Waals surface area contributed by atoms with Crippen LogP contribution in [0.5, 0.6) is 5.75 Å². The third kappa shape index (κ3) is 6.24. The first kappa shape index (κ1) is 23.6. The normalized spacial score (nSPS) is 11.7. The molecule has 2 aromatic carbocycles. The van der Waals surface area contributed by atoms with Crippen LogP contribution in [0.25, 0.3) is 11.3 Å². The van der Waals surface area contributed by atoms with Gasteiger partial charge in [-0.15, -0.1) is 13.2 Å². The van der Waals surface area contributed by atoms with Gasteiger partial charge in [0.15, 0.2) is 0 Å². The molecule has 0 aliphatic carbocycles. The van der Waals surface area contributed by atoms with E-state index >= 15 is 0 Å². The average molecular weight is 472 g/mol. The molecular formula is C20H14F6N4O3. The lowest BCUT2D eigenvalue weighted by molar-refractivity contribution is -0.274. The molecule has 3 N–H and O–H groups in total. The van der Waals surface area contributed by atoms with Gasteiger partial charge in [0, 0.05) is 5.56 Å². The van der Waals surface area contributed by atoms with Gasteiger partial charge in [0.25, 0.3) is 5.91 Å². The highest BCUT2D eigenvalue weighted by Crippen LogP contribution is 2.29. The summed E-state index contributed by atoms with van der Waals surface area (Å²) >= 11 is 0. The molecule has 174 valence electrons. The second-order valence-corrected chi connectivity index (χ2v) is 6.50. The van der Waals surface area contributed by atoms with Crippen LogP contribution in [0.2, 0.25) is 0 Å². The molecule has 13 heteroatoms. The highest BCUT2D eigenvalue weighted by Gasteiger charge is 2.39. The summed E-state index contributed by atoms with van der Waals surface area (Å²) in [5.74, 6) is -3.70. The van der Waals surface area contributed by atoms with Crippen molar-refractivity contribution >= 4 is 17.5 Å². The molecule has 0 saturated carbocycles. The Bertz CT molecular complexity index is 1160. The number of benzene rings is 2. The lowest BCUT2D eigenvalue weighted by Crippen LogP contribution is -2.30. The number of carbonyl (C=O) groups is 2. The Labute approximate surface area is 181 Å². The maximum Gasteiger partial charge on any atom is 0.573 e. The quantitative estimate of drug-likeness (QED) is 0.464. The fourth-order valence-corrected chi connectivity index (χ4v) is 2.75. The number of para-hydroxylation sites is 2. The van der Waals surface area contributed by atoms with Gasteiger partial charge in [-0.25, -0.2) is 0 Å². The molecule has 0 unspecified atom stereocenters. The van der Waals surface area contributed by atoms with Crippen LogP contribution in [-0.2, 0) is 11.3 Å². The van der Waals surface area contributed by atoms with E-state index in [9.17, 15) is 35.9 Å². The first-order valence-electron chi connectivity index (χ1n) is 9.09. The van der Waals surface area contributed by atoms with Crippen LogP contribution in [0, 0.1) is 0 Å². The number of aromatic amines is 1. The number of anilines is 1. The van der Waals surface area contributed by atoms with E-state index in [4.69, 9.17) is 0 Å². The molecule has 0 bridgehead atoms. The van der Waals surface area contributed by atoms with Crippen molar-refractivity contribution in [3.05, 3.63) is 65.9 Å². The number of alkyl halides is 6. The van der Waals surface area contributed by atoms with Crippen molar-refractivity contribution in [2.24, 2.45) is 0 Å². The van der Waals surface area contributed by atoms with Crippen LogP contribution in [-0.4, -0.2) is 34.6 Å². The summed E-state index contributed by atoms with van der Waals surface area (Å²) in [5, 5.41) is 10.6. The summed E-state index contributed by atoms with van der Waals surface area (Å²) in [5.41, 5.74) is 0.176. The topological polar surface area (TPSA) is 96.1 Å². The van der Waals surface area contributed by atoms with E-state index in [1.807, 2.05) is 0 Å². The molecular weight excluding hydrogens is 458 g/mol. The first-order valence-corrected chi connectivity index (χ1v) is 9.09. The molecule has 0 spiro atoms. The number of ether oxygens (including phenoxy) is 1. The summed E-state index contributed by atoms with van der Waals surface area (Å²) in [4.78, 5) is 23.6. The van der Waals surface area contributed by atoms with E-state index in [2.05, 4.69) is 20.3 Å². The summed E-state index contributed by atoms with van der Waals surface area (Å²) in [6, 6.07) is 11.8. The van der Waals surface area contributed by atoms with Gasteiger partial charge in [-0.2, -0.15) is 18.3 Å². The number of aromatic nitrogens is 2. The van der Waals surface area contributed by atoms with Gasteiger partial charge < -0.3 is 15.4 Å².